The molecule has 4 rings (SSSR count). The Morgan fingerprint density at radius 1 is 1.24 bits per heavy atom. The molecule has 0 radical (unpaired) electrons. The second kappa shape index (κ2) is 7.92. The monoisotopic (exact) mass is 413 g/mol. The number of hydrogen-bond donors (Lipinski definition) is 1. The fourth-order valence-electron chi connectivity index (χ4n) is 3.71. The molecule has 1 N–H and O–H groups in total. The van der Waals surface area contributed by atoms with E-state index in [9.17, 15) is 13.2 Å². The summed E-state index contributed by atoms with van der Waals surface area (Å²) >= 11 is 0. The number of nitrogens with zero attached hydrogens (tertiary/aromatic N) is 4. The van der Waals surface area contributed by atoms with Crippen LogP contribution in [0, 0.1) is 0 Å². The number of hydrogen-bond acceptors (Lipinski definition) is 5. The number of likely N-dealkylation sites (tertiary alicyclic amines) is 1. The molecule has 1 amide bonds. The minimum absolute atomic E-state index is 0.118. The fraction of sp³-hybridized carbons (Fsp3) is 0.350. The molecule has 29 heavy (non-hydrogen) atoms. The Balaban J connectivity index is 1.53. The van der Waals surface area contributed by atoms with Crippen LogP contribution < -0.4 is 4.72 Å². The maximum absolute atomic E-state index is 12.4. The molecule has 152 valence electrons. The number of amides is 1. The summed E-state index contributed by atoms with van der Waals surface area (Å²) in [6.07, 6.45) is 6.56. The minimum Gasteiger partial charge on any atom is -0.341 e. The molecule has 1 saturated heterocycles. The summed E-state index contributed by atoms with van der Waals surface area (Å²) in [7, 11) is -3.39. The first-order chi connectivity index (χ1) is 13.9. The van der Waals surface area contributed by atoms with Gasteiger partial charge in [-0.2, -0.15) is 5.10 Å². The molecule has 1 unspecified atom stereocenters. The molecule has 0 saturated carbocycles. The molecule has 1 atom stereocenters. The van der Waals surface area contributed by atoms with Crippen molar-refractivity contribution in [3.63, 3.8) is 0 Å². The molecule has 4 heterocycles. The van der Waals surface area contributed by atoms with Gasteiger partial charge < -0.3 is 4.90 Å². The SMILES string of the molecule is CS(=O)(=O)NCC(=O)N1CCCC(c2cccc(-c3cnn4ccccc34)n2)C1. The Morgan fingerprint density at radius 3 is 2.93 bits per heavy atom. The number of fused-ring (bicyclic) bond motifs is 1. The van der Waals surface area contributed by atoms with Gasteiger partial charge in [-0.25, -0.2) is 17.7 Å². The molecule has 1 fully saturated rings. The number of carbonyl (C=O) groups is 1. The number of sulfonamides is 1. The van der Waals surface area contributed by atoms with E-state index in [1.54, 1.807) is 4.90 Å². The molecule has 8 nitrogen and oxygen atoms in total. The summed E-state index contributed by atoms with van der Waals surface area (Å²) < 4.78 is 26.6. The number of piperidine rings is 1. The minimum atomic E-state index is -3.39. The van der Waals surface area contributed by atoms with Gasteiger partial charge in [0.25, 0.3) is 0 Å². The van der Waals surface area contributed by atoms with E-state index < -0.39 is 10.0 Å². The molecule has 3 aromatic heterocycles. The number of nitrogens with one attached hydrogen (secondary N) is 1. The van der Waals surface area contributed by atoms with Crippen LogP contribution in [0.2, 0.25) is 0 Å². The zero-order valence-corrected chi connectivity index (χ0v) is 17.0. The maximum atomic E-state index is 12.4. The van der Waals surface area contributed by atoms with Crippen LogP contribution in [0.25, 0.3) is 16.8 Å². The summed E-state index contributed by atoms with van der Waals surface area (Å²) in [5.74, 6) is -0.0911. The van der Waals surface area contributed by atoms with E-state index in [1.807, 2.05) is 53.3 Å². The average Bonchev–Trinajstić information content (AvgIpc) is 3.16. The Bertz CT molecular complexity index is 1140. The van der Waals surface area contributed by atoms with Crippen molar-refractivity contribution in [1.29, 1.82) is 0 Å². The molecule has 3 aromatic rings. The second-order valence-corrected chi connectivity index (χ2v) is 9.14. The highest BCUT2D eigenvalue weighted by molar-refractivity contribution is 7.88. The summed E-state index contributed by atoms with van der Waals surface area (Å²) in [5, 5.41) is 4.38. The third kappa shape index (κ3) is 4.46. The van der Waals surface area contributed by atoms with Crippen LogP contribution in [-0.2, 0) is 14.8 Å². The molecule has 1 aliphatic rings. The van der Waals surface area contributed by atoms with Gasteiger partial charge in [0.2, 0.25) is 15.9 Å². The Kier molecular flexibility index (Phi) is 5.33. The van der Waals surface area contributed by atoms with E-state index in [0.29, 0.717) is 13.1 Å². The van der Waals surface area contributed by atoms with Crippen LogP contribution in [0.4, 0.5) is 0 Å². The summed E-state index contributed by atoms with van der Waals surface area (Å²) in [5.41, 5.74) is 3.75. The zero-order chi connectivity index (χ0) is 20.4. The third-order valence-corrected chi connectivity index (χ3v) is 5.82. The van der Waals surface area contributed by atoms with E-state index in [4.69, 9.17) is 4.98 Å². The highest BCUT2D eigenvalue weighted by Gasteiger charge is 2.26. The topological polar surface area (TPSA) is 96.7 Å². The van der Waals surface area contributed by atoms with Crippen LogP contribution in [0.5, 0.6) is 0 Å². The fourth-order valence-corrected chi connectivity index (χ4v) is 4.10. The van der Waals surface area contributed by atoms with Crippen LogP contribution in [0.1, 0.15) is 24.5 Å². The molecular formula is C20H23N5O3S. The van der Waals surface area contributed by atoms with E-state index >= 15 is 0 Å². The maximum Gasteiger partial charge on any atom is 0.237 e. The van der Waals surface area contributed by atoms with Crippen molar-refractivity contribution in [3.8, 4) is 11.3 Å². The van der Waals surface area contributed by atoms with Gasteiger partial charge in [-0.15, -0.1) is 0 Å². The normalized spacial score (nSPS) is 17.6. The van der Waals surface area contributed by atoms with Gasteiger partial charge in [-0.1, -0.05) is 12.1 Å². The lowest BCUT2D eigenvalue weighted by Crippen LogP contribution is -2.44. The summed E-state index contributed by atoms with van der Waals surface area (Å²) in [6.45, 7) is 0.964. The smallest absolute Gasteiger partial charge is 0.237 e. The van der Waals surface area contributed by atoms with Crippen LogP contribution in [0.15, 0.2) is 48.8 Å². The average molecular weight is 414 g/mol. The predicted molar refractivity (Wildman–Crippen MR) is 110 cm³/mol. The Hall–Kier alpha value is -2.78. The summed E-state index contributed by atoms with van der Waals surface area (Å²) in [6, 6.07) is 11.8. The van der Waals surface area contributed by atoms with Gasteiger partial charge in [-0.3, -0.25) is 9.78 Å². The lowest BCUT2D eigenvalue weighted by Gasteiger charge is -2.32. The first-order valence-corrected chi connectivity index (χ1v) is 11.4. The highest BCUT2D eigenvalue weighted by atomic mass is 32.2. The molecule has 0 bridgehead atoms. The number of rotatable bonds is 5. The standard InChI is InChI=1S/C20H23N5O3S/c1-29(27,28)22-13-20(26)24-10-5-6-15(14-24)17-7-4-8-18(23-17)16-12-21-25-11-3-2-9-19(16)25/h2-4,7-9,11-12,15,22H,5-6,10,13-14H2,1H3. The largest absolute Gasteiger partial charge is 0.341 e. The lowest BCUT2D eigenvalue weighted by molar-refractivity contribution is -0.131. The number of carbonyl (C=O) groups excluding carboxylic acids is 1. The van der Waals surface area contributed by atoms with Crippen molar-refractivity contribution in [2.24, 2.45) is 0 Å². The van der Waals surface area contributed by atoms with Crippen molar-refractivity contribution in [1.82, 2.24) is 24.2 Å². The van der Waals surface area contributed by atoms with Gasteiger partial charge >= 0.3 is 0 Å². The van der Waals surface area contributed by atoms with Gasteiger partial charge in [0, 0.05) is 36.5 Å². The van der Waals surface area contributed by atoms with E-state index in [2.05, 4.69) is 9.82 Å². The van der Waals surface area contributed by atoms with Crippen molar-refractivity contribution in [2.45, 2.75) is 18.8 Å². The molecule has 0 spiro atoms. The first-order valence-electron chi connectivity index (χ1n) is 9.53. The van der Waals surface area contributed by atoms with Crippen LogP contribution in [0.3, 0.4) is 0 Å². The molecule has 0 aromatic carbocycles. The molecular weight excluding hydrogens is 390 g/mol. The summed E-state index contributed by atoms with van der Waals surface area (Å²) in [4.78, 5) is 19.0. The third-order valence-electron chi connectivity index (χ3n) is 5.15. The van der Waals surface area contributed by atoms with Crippen molar-refractivity contribution < 1.29 is 13.2 Å². The predicted octanol–water partition coefficient (Wildman–Crippen LogP) is 1.65. The van der Waals surface area contributed by atoms with Crippen LogP contribution >= 0.6 is 0 Å². The van der Waals surface area contributed by atoms with E-state index in [1.165, 1.54) is 0 Å². The van der Waals surface area contributed by atoms with Gasteiger partial charge in [-0.05, 0) is 37.1 Å². The van der Waals surface area contributed by atoms with Crippen molar-refractivity contribution in [2.75, 3.05) is 25.9 Å². The number of pyridine rings is 2. The van der Waals surface area contributed by atoms with E-state index in [0.717, 1.165) is 41.6 Å². The van der Waals surface area contributed by atoms with Crippen molar-refractivity contribution >= 4 is 21.4 Å². The van der Waals surface area contributed by atoms with E-state index in [-0.39, 0.29) is 18.4 Å². The lowest BCUT2D eigenvalue weighted by atomic mass is 9.94. The molecule has 9 heteroatoms. The number of aromatic nitrogens is 3. The Labute approximate surface area is 169 Å². The first kappa shape index (κ1) is 19.5. The second-order valence-electron chi connectivity index (χ2n) is 7.31. The van der Waals surface area contributed by atoms with Gasteiger partial charge in [0.1, 0.15) is 0 Å². The highest BCUT2D eigenvalue weighted by Crippen LogP contribution is 2.29. The molecule has 1 aliphatic heterocycles. The van der Waals surface area contributed by atoms with Gasteiger partial charge in [0.05, 0.1) is 30.2 Å². The van der Waals surface area contributed by atoms with Crippen molar-refractivity contribution in [3.05, 3.63) is 54.5 Å². The quantitative estimate of drug-likeness (QED) is 0.686. The van der Waals surface area contributed by atoms with Gasteiger partial charge in [0.15, 0.2) is 0 Å². The molecule has 0 aliphatic carbocycles. The Morgan fingerprint density at radius 2 is 2.10 bits per heavy atom. The van der Waals surface area contributed by atoms with Crippen LogP contribution in [-0.4, -0.2) is 59.7 Å². The zero-order valence-electron chi connectivity index (χ0n) is 16.2.